The average Bonchev–Trinajstić information content (AvgIpc) is 2.92. The van der Waals surface area contributed by atoms with Gasteiger partial charge in [0, 0.05) is 40.0 Å². The summed E-state index contributed by atoms with van der Waals surface area (Å²) in [6.45, 7) is 2.03. The molecule has 1 aliphatic heterocycles. The molecule has 7 nitrogen and oxygen atoms in total. The molecule has 40 heavy (non-hydrogen) atoms. The van der Waals surface area contributed by atoms with Crippen LogP contribution in [0.1, 0.15) is 31.2 Å². The number of thioether (sulfide) groups is 1. The minimum Gasteiger partial charge on any atom is -0.507 e. The number of aromatic amines is 1. The maximum atomic E-state index is 13.5. The summed E-state index contributed by atoms with van der Waals surface area (Å²) in [5, 5.41) is 10.9. The number of aromatic nitrogens is 1. The number of ether oxygens (including phenoxy) is 1. The molecule has 1 fully saturated rings. The van der Waals surface area contributed by atoms with Crippen LogP contribution >= 0.6 is 23.4 Å². The number of halogens is 4. The third-order valence-corrected chi connectivity index (χ3v) is 8.25. The van der Waals surface area contributed by atoms with Gasteiger partial charge in [-0.05, 0) is 68.8 Å². The smallest absolute Gasteiger partial charge is 0.416 e. The largest absolute Gasteiger partial charge is 0.507 e. The normalized spacial score (nSPS) is 16.3. The van der Waals surface area contributed by atoms with Crippen molar-refractivity contribution in [3.05, 3.63) is 57.3 Å². The number of hydrogen-bond acceptors (Lipinski definition) is 7. The Kier molecular flexibility index (Phi) is 9.48. The predicted molar refractivity (Wildman–Crippen MR) is 148 cm³/mol. The Balaban J connectivity index is 1.55. The minimum atomic E-state index is -4.63. The van der Waals surface area contributed by atoms with Crippen LogP contribution in [0.15, 0.2) is 46.1 Å². The van der Waals surface area contributed by atoms with Crippen molar-refractivity contribution >= 4 is 46.0 Å². The summed E-state index contributed by atoms with van der Waals surface area (Å²) >= 11 is 7.04. The highest BCUT2D eigenvalue weighted by Gasteiger charge is 2.31. The predicted octanol–water partition coefficient (Wildman–Crippen LogP) is 5.90. The number of ketones is 1. The van der Waals surface area contributed by atoms with Crippen molar-refractivity contribution in [3.8, 4) is 16.9 Å². The molecule has 0 radical (unpaired) electrons. The van der Waals surface area contributed by atoms with E-state index in [4.69, 9.17) is 16.3 Å². The van der Waals surface area contributed by atoms with Gasteiger partial charge in [0.2, 0.25) is 0 Å². The number of fused-ring (bicyclic) bond motifs is 1. The van der Waals surface area contributed by atoms with Crippen molar-refractivity contribution < 1.29 is 32.6 Å². The number of pyridine rings is 1. The number of esters is 1. The highest BCUT2D eigenvalue weighted by atomic mass is 35.5. The number of alkyl halides is 3. The Morgan fingerprint density at radius 2 is 2.00 bits per heavy atom. The highest BCUT2D eigenvalue weighted by molar-refractivity contribution is 8.00. The lowest BCUT2D eigenvalue weighted by molar-refractivity contribution is -0.147. The monoisotopic (exact) mass is 596 g/mol. The fraction of sp³-hybridized carbons (Fsp3) is 0.393. The Hall–Kier alpha value is -3.02. The third kappa shape index (κ3) is 7.00. The number of phenolic OH excluding ortho intramolecular Hbond substituents is 1. The van der Waals surface area contributed by atoms with Gasteiger partial charge in [0.05, 0.1) is 29.2 Å². The molecule has 4 rings (SSSR count). The molecule has 3 aromatic rings. The summed E-state index contributed by atoms with van der Waals surface area (Å²) in [5.41, 5.74) is -1.21. The molecule has 0 saturated carbocycles. The van der Waals surface area contributed by atoms with Crippen LogP contribution in [0.2, 0.25) is 5.02 Å². The van der Waals surface area contributed by atoms with E-state index >= 15 is 0 Å². The van der Waals surface area contributed by atoms with Crippen molar-refractivity contribution in [1.29, 1.82) is 0 Å². The van der Waals surface area contributed by atoms with Gasteiger partial charge in [-0.3, -0.25) is 14.4 Å². The van der Waals surface area contributed by atoms with Crippen molar-refractivity contribution in [2.24, 2.45) is 5.92 Å². The van der Waals surface area contributed by atoms with Gasteiger partial charge in [-0.25, -0.2) is 0 Å². The van der Waals surface area contributed by atoms with E-state index in [-0.39, 0.29) is 67.5 Å². The van der Waals surface area contributed by atoms with Crippen LogP contribution < -0.4 is 5.56 Å². The van der Waals surface area contributed by atoms with E-state index in [9.17, 15) is 32.7 Å². The fourth-order valence-electron chi connectivity index (χ4n) is 4.91. The van der Waals surface area contributed by atoms with E-state index in [1.807, 2.05) is 0 Å². The third-order valence-electron chi connectivity index (χ3n) is 6.87. The van der Waals surface area contributed by atoms with Gasteiger partial charge < -0.3 is 19.7 Å². The lowest BCUT2D eigenvalue weighted by atomic mass is 9.98. The zero-order chi connectivity index (χ0) is 29.0. The number of carbonyl (C=O) groups excluding carboxylic acids is 2. The molecular formula is C28H28ClF3N2O5S. The molecule has 0 aliphatic carbocycles. The molecule has 1 atom stereocenters. The van der Waals surface area contributed by atoms with Crippen LogP contribution in [0, 0.1) is 5.92 Å². The summed E-state index contributed by atoms with van der Waals surface area (Å²) in [6.07, 6.45) is -2.21. The number of likely N-dealkylation sites (tertiary alicyclic amines) is 1. The van der Waals surface area contributed by atoms with Crippen LogP contribution in [-0.4, -0.2) is 59.2 Å². The summed E-state index contributed by atoms with van der Waals surface area (Å²) in [5.74, 6) is -0.914. The average molecular weight is 597 g/mol. The number of carbonyl (C=O) groups is 2. The molecule has 2 N–H and O–H groups in total. The number of aromatic hydroxyl groups is 1. The molecule has 2 aromatic carbocycles. The highest BCUT2D eigenvalue weighted by Crippen LogP contribution is 2.42. The number of hydrogen-bond donors (Lipinski definition) is 2. The molecule has 214 valence electrons. The molecule has 0 bridgehead atoms. The zero-order valence-corrected chi connectivity index (χ0v) is 23.2. The van der Waals surface area contributed by atoms with Crippen LogP contribution in [-0.2, 0) is 20.5 Å². The van der Waals surface area contributed by atoms with Crippen molar-refractivity contribution in [1.82, 2.24) is 9.88 Å². The van der Waals surface area contributed by atoms with E-state index in [1.165, 1.54) is 25.3 Å². The SMILES string of the molecule is COC(=O)C1CCCN(CCCC(=O)CSc2c(-c3cc(Cl)ccc3O)c3cc(C(F)(F)F)ccc3[nH]c2=O)C1. The minimum absolute atomic E-state index is 0.00897. The Morgan fingerprint density at radius 1 is 1.23 bits per heavy atom. The molecule has 1 aliphatic rings. The molecule has 2 heterocycles. The summed E-state index contributed by atoms with van der Waals surface area (Å²) in [4.78, 5) is 42.4. The molecule has 12 heteroatoms. The second-order valence-corrected chi connectivity index (χ2v) is 11.1. The molecule has 1 unspecified atom stereocenters. The Morgan fingerprint density at radius 3 is 2.73 bits per heavy atom. The van der Waals surface area contributed by atoms with E-state index in [0.29, 0.717) is 19.5 Å². The van der Waals surface area contributed by atoms with Crippen LogP contribution in [0.4, 0.5) is 13.2 Å². The number of H-pyrrole nitrogens is 1. The first-order valence-electron chi connectivity index (χ1n) is 12.7. The second-order valence-electron chi connectivity index (χ2n) is 9.67. The lowest BCUT2D eigenvalue weighted by Gasteiger charge is -2.31. The van der Waals surface area contributed by atoms with Gasteiger partial charge in [0.15, 0.2) is 0 Å². The first kappa shape index (κ1) is 30.0. The standard InChI is InChI=1S/C28H28ClF3N2O5S/c1-39-27(38)16-4-2-10-34(14-16)11-3-5-19(35)15-40-25-24(21-13-18(29)7-9-23(21)36)20-12-17(28(30,31)32)6-8-22(20)33-26(25)37/h6-9,12-13,16,36H,2-5,10-11,14-15H2,1H3,(H,33,37). The maximum Gasteiger partial charge on any atom is 0.416 e. The Bertz CT molecular complexity index is 1480. The number of nitrogens with one attached hydrogen (secondary N) is 1. The van der Waals surface area contributed by atoms with Crippen LogP contribution in [0.25, 0.3) is 22.0 Å². The van der Waals surface area contributed by atoms with Crippen molar-refractivity contribution in [3.63, 3.8) is 0 Å². The van der Waals surface area contributed by atoms with Crippen LogP contribution in [0.5, 0.6) is 5.75 Å². The molecule has 0 amide bonds. The Labute approximate surface area is 237 Å². The first-order valence-corrected chi connectivity index (χ1v) is 14.0. The molecule has 1 saturated heterocycles. The summed E-state index contributed by atoms with van der Waals surface area (Å²) in [7, 11) is 1.37. The quantitative estimate of drug-likeness (QED) is 0.234. The number of phenols is 1. The number of Topliss-reactive ketones (excluding diaryl/α,β-unsaturated/α-hetero) is 1. The number of piperidine rings is 1. The van der Waals surface area contributed by atoms with Gasteiger partial charge in [0.1, 0.15) is 11.5 Å². The lowest BCUT2D eigenvalue weighted by Crippen LogP contribution is -2.39. The van der Waals surface area contributed by atoms with Gasteiger partial charge in [-0.2, -0.15) is 13.2 Å². The van der Waals surface area contributed by atoms with E-state index in [2.05, 4.69) is 9.88 Å². The molecular weight excluding hydrogens is 569 g/mol. The fourth-order valence-corrected chi connectivity index (χ4v) is 6.08. The molecule has 1 aromatic heterocycles. The molecule has 0 spiro atoms. The zero-order valence-electron chi connectivity index (χ0n) is 21.6. The number of rotatable bonds is 9. The first-order chi connectivity index (χ1) is 19.0. The number of nitrogens with zero attached hydrogens (tertiary/aromatic N) is 1. The van der Waals surface area contributed by atoms with Gasteiger partial charge >= 0.3 is 12.1 Å². The number of benzene rings is 2. The topological polar surface area (TPSA) is 99.7 Å². The maximum absolute atomic E-state index is 13.5. The van der Waals surface area contributed by atoms with E-state index in [0.717, 1.165) is 49.3 Å². The van der Waals surface area contributed by atoms with E-state index < -0.39 is 17.3 Å². The number of methoxy groups -OCH3 is 1. The summed E-state index contributed by atoms with van der Waals surface area (Å²) in [6, 6.07) is 7.03. The van der Waals surface area contributed by atoms with Crippen molar-refractivity contribution in [2.45, 2.75) is 36.8 Å². The van der Waals surface area contributed by atoms with Gasteiger partial charge in [-0.1, -0.05) is 11.6 Å². The van der Waals surface area contributed by atoms with E-state index in [1.54, 1.807) is 0 Å². The van der Waals surface area contributed by atoms with Gasteiger partial charge in [-0.15, -0.1) is 11.8 Å². The van der Waals surface area contributed by atoms with Gasteiger partial charge in [0.25, 0.3) is 5.56 Å². The second kappa shape index (κ2) is 12.7. The summed E-state index contributed by atoms with van der Waals surface area (Å²) < 4.78 is 45.5. The van der Waals surface area contributed by atoms with Crippen molar-refractivity contribution in [2.75, 3.05) is 32.5 Å². The van der Waals surface area contributed by atoms with Crippen LogP contribution in [0.3, 0.4) is 0 Å².